The standard InChI is InChI=1S/C18H17F2N3O3S2/c1-26-13-2-4-14(5-3-13)28(24,25)23-8-6-22(7-9-23)18-21-17-15(20)10-12(19)11-16(17)27-18/h2-5,10-11H,6-9H2,1H3. The van der Waals surface area contributed by atoms with Crippen molar-refractivity contribution in [1.82, 2.24) is 9.29 Å². The number of piperazine rings is 1. The maximum absolute atomic E-state index is 13.9. The van der Waals surface area contributed by atoms with Crippen LogP contribution in [0.1, 0.15) is 0 Å². The third kappa shape index (κ3) is 3.43. The third-order valence-corrected chi connectivity index (χ3v) is 7.58. The molecule has 0 radical (unpaired) electrons. The van der Waals surface area contributed by atoms with Gasteiger partial charge in [0.25, 0.3) is 0 Å². The van der Waals surface area contributed by atoms with Crippen molar-refractivity contribution >= 4 is 36.7 Å². The van der Waals surface area contributed by atoms with Crippen LogP contribution >= 0.6 is 11.3 Å². The third-order valence-electron chi connectivity index (χ3n) is 4.61. The lowest BCUT2D eigenvalue weighted by Gasteiger charge is -2.33. The highest BCUT2D eigenvalue weighted by Gasteiger charge is 2.29. The number of fused-ring (bicyclic) bond motifs is 1. The molecule has 0 saturated carbocycles. The highest BCUT2D eigenvalue weighted by Crippen LogP contribution is 2.32. The van der Waals surface area contributed by atoms with Gasteiger partial charge in [-0.3, -0.25) is 0 Å². The Morgan fingerprint density at radius 2 is 1.75 bits per heavy atom. The maximum Gasteiger partial charge on any atom is 0.243 e. The number of thiazole rings is 1. The van der Waals surface area contributed by atoms with E-state index < -0.39 is 21.7 Å². The van der Waals surface area contributed by atoms with E-state index in [2.05, 4.69) is 4.98 Å². The van der Waals surface area contributed by atoms with Crippen molar-refractivity contribution in [3.63, 3.8) is 0 Å². The Hall–Kier alpha value is -2.30. The molecule has 0 atom stereocenters. The average Bonchev–Trinajstić information content (AvgIpc) is 3.12. The zero-order valence-electron chi connectivity index (χ0n) is 14.9. The summed E-state index contributed by atoms with van der Waals surface area (Å²) in [6, 6.07) is 8.32. The molecule has 148 valence electrons. The van der Waals surface area contributed by atoms with Crippen molar-refractivity contribution < 1.29 is 21.9 Å². The van der Waals surface area contributed by atoms with E-state index in [0.717, 1.165) is 6.07 Å². The molecule has 0 spiro atoms. The van der Waals surface area contributed by atoms with Gasteiger partial charge in [0.05, 0.1) is 16.7 Å². The molecule has 1 aliphatic rings. The SMILES string of the molecule is COc1ccc(S(=O)(=O)N2CCN(c3nc4c(F)cc(F)cc4s3)CC2)cc1. The average molecular weight is 425 g/mol. The first-order chi connectivity index (χ1) is 13.4. The summed E-state index contributed by atoms with van der Waals surface area (Å²) in [6.07, 6.45) is 0. The molecule has 0 unspecified atom stereocenters. The number of nitrogens with zero attached hydrogens (tertiary/aromatic N) is 3. The first-order valence-corrected chi connectivity index (χ1v) is 10.8. The summed E-state index contributed by atoms with van der Waals surface area (Å²) in [7, 11) is -2.09. The molecule has 0 N–H and O–H groups in total. The van der Waals surface area contributed by atoms with Crippen LogP contribution in [0.5, 0.6) is 5.75 Å². The van der Waals surface area contributed by atoms with Gasteiger partial charge in [-0.1, -0.05) is 11.3 Å². The van der Waals surface area contributed by atoms with E-state index in [4.69, 9.17) is 4.74 Å². The lowest BCUT2D eigenvalue weighted by molar-refractivity contribution is 0.384. The normalized spacial score (nSPS) is 15.9. The minimum Gasteiger partial charge on any atom is -0.497 e. The molecule has 2 heterocycles. The predicted molar refractivity (Wildman–Crippen MR) is 104 cm³/mol. The first kappa shape index (κ1) is 19.0. The number of anilines is 1. The molecule has 2 aromatic carbocycles. The molecular weight excluding hydrogens is 408 g/mol. The fraction of sp³-hybridized carbons (Fsp3) is 0.278. The van der Waals surface area contributed by atoms with Gasteiger partial charge in [0.2, 0.25) is 10.0 Å². The minimum absolute atomic E-state index is 0.134. The van der Waals surface area contributed by atoms with Gasteiger partial charge >= 0.3 is 0 Å². The summed E-state index contributed by atoms with van der Waals surface area (Å²) in [5.41, 5.74) is 0.134. The Labute approximate surface area is 165 Å². The molecular formula is C18H17F2N3O3S2. The van der Waals surface area contributed by atoms with Crippen LogP contribution in [0.4, 0.5) is 13.9 Å². The van der Waals surface area contributed by atoms with Crippen molar-refractivity contribution in [2.45, 2.75) is 4.90 Å². The highest BCUT2D eigenvalue weighted by molar-refractivity contribution is 7.89. The topological polar surface area (TPSA) is 62.7 Å². The van der Waals surface area contributed by atoms with E-state index in [1.165, 1.54) is 41.0 Å². The van der Waals surface area contributed by atoms with Gasteiger partial charge in [0.1, 0.15) is 17.1 Å². The number of aromatic nitrogens is 1. The lowest BCUT2D eigenvalue weighted by atomic mass is 10.3. The van der Waals surface area contributed by atoms with Crippen molar-refractivity contribution in [1.29, 1.82) is 0 Å². The molecule has 4 rings (SSSR count). The number of methoxy groups -OCH3 is 1. The number of halogens is 2. The highest BCUT2D eigenvalue weighted by atomic mass is 32.2. The van der Waals surface area contributed by atoms with Crippen LogP contribution in [0.25, 0.3) is 10.2 Å². The summed E-state index contributed by atoms with van der Waals surface area (Å²) >= 11 is 1.19. The summed E-state index contributed by atoms with van der Waals surface area (Å²) in [4.78, 5) is 6.36. The number of rotatable bonds is 4. The summed E-state index contributed by atoms with van der Waals surface area (Å²) < 4.78 is 59.8. The lowest BCUT2D eigenvalue weighted by Crippen LogP contribution is -2.48. The van der Waals surface area contributed by atoms with E-state index in [1.54, 1.807) is 12.1 Å². The molecule has 0 bridgehead atoms. The number of hydrogen-bond acceptors (Lipinski definition) is 6. The summed E-state index contributed by atoms with van der Waals surface area (Å²) in [6.45, 7) is 1.39. The minimum atomic E-state index is -3.61. The number of hydrogen-bond donors (Lipinski definition) is 0. The van der Waals surface area contributed by atoms with Gasteiger partial charge in [-0.25, -0.2) is 22.2 Å². The number of ether oxygens (including phenoxy) is 1. The van der Waals surface area contributed by atoms with Crippen molar-refractivity contribution in [2.24, 2.45) is 0 Å². The van der Waals surface area contributed by atoms with Crippen LogP contribution in [0.2, 0.25) is 0 Å². The summed E-state index contributed by atoms with van der Waals surface area (Å²) in [5, 5.41) is 0.556. The van der Waals surface area contributed by atoms with E-state index >= 15 is 0 Å². The molecule has 1 aliphatic heterocycles. The van der Waals surface area contributed by atoms with Gasteiger partial charge < -0.3 is 9.64 Å². The van der Waals surface area contributed by atoms with E-state index in [1.807, 2.05) is 4.90 Å². The Morgan fingerprint density at radius 1 is 1.07 bits per heavy atom. The maximum atomic E-state index is 13.9. The van der Waals surface area contributed by atoms with Gasteiger partial charge in [-0.2, -0.15) is 4.31 Å². The molecule has 1 fully saturated rings. The summed E-state index contributed by atoms with van der Waals surface area (Å²) in [5.74, 6) is -0.753. The van der Waals surface area contributed by atoms with E-state index in [9.17, 15) is 17.2 Å². The largest absolute Gasteiger partial charge is 0.497 e. The van der Waals surface area contributed by atoms with Crippen LogP contribution in [0.15, 0.2) is 41.3 Å². The van der Waals surface area contributed by atoms with Crippen LogP contribution in [0, 0.1) is 11.6 Å². The first-order valence-electron chi connectivity index (χ1n) is 8.53. The van der Waals surface area contributed by atoms with Crippen molar-refractivity contribution in [2.75, 3.05) is 38.2 Å². The second-order valence-electron chi connectivity index (χ2n) is 6.30. The van der Waals surface area contributed by atoms with Crippen molar-refractivity contribution in [3.8, 4) is 5.75 Å². The Kier molecular flexibility index (Phi) is 4.94. The van der Waals surface area contributed by atoms with Crippen LogP contribution in [0.3, 0.4) is 0 Å². The second kappa shape index (κ2) is 7.26. The second-order valence-corrected chi connectivity index (χ2v) is 9.24. The Morgan fingerprint density at radius 3 is 2.39 bits per heavy atom. The zero-order chi connectivity index (χ0) is 19.9. The van der Waals surface area contributed by atoms with Crippen LogP contribution in [-0.2, 0) is 10.0 Å². The molecule has 1 saturated heterocycles. The molecule has 28 heavy (non-hydrogen) atoms. The molecule has 10 heteroatoms. The molecule has 6 nitrogen and oxygen atoms in total. The van der Waals surface area contributed by atoms with Gasteiger partial charge in [0, 0.05) is 32.2 Å². The van der Waals surface area contributed by atoms with Gasteiger partial charge in [-0.05, 0) is 30.3 Å². The number of sulfonamides is 1. The Bertz CT molecular complexity index is 1110. The smallest absolute Gasteiger partial charge is 0.243 e. The molecule has 3 aromatic rings. The van der Waals surface area contributed by atoms with Crippen molar-refractivity contribution in [3.05, 3.63) is 48.0 Å². The Balaban J connectivity index is 1.50. The van der Waals surface area contributed by atoms with Crippen LogP contribution in [-0.4, -0.2) is 51.0 Å². The predicted octanol–water partition coefficient (Wildman–Crippen LogP) is 3.09. The molecule has 0 amide bonds. The van der Waals surface area contributed by atoms with E-state index in [0.29, 0.717) is 28.7 Å². The fourth-order valence-corrected chi connectivity index (χ4v) is 5.58. The fourth-order valence-electron chi connectivity index (χ4n) is 3.10. The quantitative estimate of drug-likeness (QED) is 0.643. The number of benzene rings is 2. The zero-order valence-corrected chi connectivity index (χ0v) is 16.6. The van der Waals surface area contributed by atoms with E-state index in [-0.39, 0.29) is 23.5 Å². The molecule has 0 aliphatic carbocycles. The van der Waals surface area contributed by atoms with Gasteiger partial charge in [0.15, 0.2) is 10.9 Å². The monoisotopic (exact) mass is 425 g/mol. The molecule has 1 aromatic heterocycles. The van der Waals surface area contributed by atoms with Crippen LogP contribution < -0.4 is 9.64 Å². The van der Waals surface area contributed by atoms with Gasteiger partial charge in [-0.15, -0.1) is 0 Å².